The Bertz CT molecular complexity index is 530. The molecule has 0 saturated heterocycles. The number of hydrogen-bond acceptors (Lipinski definition) is 5. The van der Waals surface area contributed by atoms with Gasteiger partial charge in [-0.1, -0.05) is 6.92 Å². The van der Waals surface area contributed by atoms with Crippen molar-refractivity contribution >= 4 is 10.0 Å². The fraction of sp³-hybridized carbons (Fsp3) is 0.538. The third-order valence-electron chi connectivity index (χ3n) is 2.96. The number of hydrogen-bond donors (Lipinski definition) is 2. The maximum atomic E-state index is 12.3. The number of ether oxygens (including phenoxy) is 2. The van der Waals surface area contributed by atoms with Gasteiger partial charge >= 0.3 is 0 Å². The number of sulfonamides is 1. The lowest BCUT2D eigenvalue weighted by Crippen LogP contribution is -2.35. The first-order valence-electron chi connectivity index (χ1n) is 6.33. The second-order valence-corrected chi connectivity index (χ2v) is 5.97. The van der Waals surface area contributed by atoms with Crippen molar-refractivity contribution in [2.75, 3.05) is 20.8 Å². The van der Waals surface area contributed by atoms with E-state index in [4.69, 9.17) is 14.6 Å². The molecule has 0 amide bonds. The van der Waals surface area contributed by atoms with E-state index in [1.807, 2.05) is 6.92 Å². The van der Waals surface area contributed by atoms with E-state index in [-0.39, 0.29) is 17.5 Å². The summed E-state index contributed by atoms with van der Waals surface area (Å²) in [6, 6.07) is 4.11. The molecule has 0 aliphatic heterocycles. The van der Waals surface area contributed by atoms with Crippen molar-refractivity contribution in [3.63, 3.8) is 0 Å². The Morgan fingerprint density at radius 1 is 1.25 bits per heavy atom. The highest BCUT2D eigenvalue weighted by atomic mass is 32.2. The Morgan fingerprint density at radius 2 is 1.90 bits per heavy atom. The van der Waals surface area contributed by atoms with E-state index in [2.05, 4.69) is 4.72 Å². The first kappa shape index (κ1) is 16.7. The SMILES string of the molecule is CCC(CCO)NS(=O)(=O)c1ccc(OC)c(OC)c1. The van der Waals surface area contributed by atoms with E-state index in [1.165, 1.54) is 26.4 Å². The highest BCUT2D eigenvalue weighted by Crippen LogP contribution is 2.29. The zero-order valence-corrected chi connectivity index (χ0v) is 12.7. The second kappa shape index (κ2) is 7.47. The Labute approximate surface area is 119 Å². The number of aliphatic hydroxyl groups excluding tert-OH is 1. The maximum Gasteiger partial charge on any atom is 0.240 e. The first-order chi connectivity index (χ1) is 9.48. The van der Waals surface area contributed by atoms with Crippen LogP contribution in [0.1, 0.15) is 19.8 Å². The van der Waals surface area contributed by atoms with Gasteiger partial charge < -0.3 is 14.6 Å². The van der Waals surface area contributed by atoms with Gasteiger partial charge in [0.15, 0.2) is 11.5 Å². The van der Waals surface area contributed by atoms with Crippen LogP contribution in [0.2, 0.25) is 0 Å². The van der Waals surface area contributed by atoms with Crippen LogP contribution in [0, 0.1) is 0 Å². The molecule has 0 radical (unpaired) electrons. The van der Waals surface area contributed by atoms with Gasteiger partial charge in [-0.05, 0) is 25.0 Å². The molecule has 1 unspecified atom stereocenters. The van der Waals surface area contributed by atoms with Crippen LogP contribution in [-0.4, -0.2) is 40.4 Å². The fourth-order valence-electron chi connectivity index (χ4n) is 1.77. The maximum absolute atomic E-state index is 12.3. The van der Waals surface area contributed by atoms with Gasteiger partial charge in [-0.2, -0.15) is 0 Å². The lowest BCUT2D eigenvalue weighted by Gasteiger charge is -2.16. The summed E-state index contributed by atoms with van der Waals surface area (Å²) < 4.78 is 37.2. The molecule has 0 fully saturated rings. The molecule has 6 nitrogen and oxygen atoms in total. The molecule has 0 bridgehead atoms. The minimum atomic E-state index is -3.65. The summed E-state index contributed by atoms with van der Waals surface area (Å²) >= 11 is 0. The third kappa shape index (κ3) is 4.09. The second-order valence-electron chi connectivity index (χ2n) is 4.26. The molecule has 1 rings (SSSR count). The van der Waals surface area contributed by atoms with E-state index in [1.54, 1.807) is 6.07 Å². The van der Waals surface area contributed by atoms with Crippen LogP contribution in [0.15, 0.2) is 23.1 Å². The van der Waals surface area contributed by atoms with Gasteiger partial charge in [0.1, 0.15) is 0 Å². The quantitative estimate of drug-likeness (QED) is 0.752. The molecule has 1 aromatic rings. The van der Waals surface area contributed by atoms with Gasteiger partial charge in [-0.25, -0.2) is 13.1 Å². The number of rotatable bonds is 8. The third-order valence-corrected chi connectivity index (χ3v) is 4.48. The summed E-state index contributed by atoms with van der Waals surface area (Å²) in [7, 11) is -0.717. The number of benzene rings is 1. The Balaban J connectivity index is 3.03. The zero-order valence-electron chi connectivity index (χ0n) is 11.9. The van der Waals surface area contributed by atoms with Crippen LogP contribution in [0.5, 0.6) is 11.5 Å². The Kier molecular flexibility index (Phi) is 6.25. The van der Waals surface area contributed by atoms with Crippen molar-refractivity contribution in [1.82, 2.24) is 4.72 Å². The van der Waals surface area contributed by atoms with Crippen LogP contribution in [0.4, 0.5) is 0 Å². The molecule has 0 aromatic heterocycles. The first-order valence-corrected chi connectivity index (χ1v) is 7.82. The molecule has 7 heteroatoms. The minimum Gasteiger partial charge on any atom is -0.493 e. The number of methoxy groups -OCH3 is 2. The molecular weight excluding hydrogens is 282 g/mol. The Morgan fingerprint density at radius 3 is 2.40 bits per heavy atom. The molecule has 0 aliphatic carbocycles. The van der Waals surface area contributed by atoms with Crippen molar-refractivity contribution < 1.29 is 23.0 Å². The van der Waals surface area contributed by atoms with E-state index in [9.17, 15) is 8.42 Å². The van der Waals surface area contributed by atoms with Gasteiger partial charge in [0, 0.05) is 18.7 Å². The molecular formula is C13H21NO5S. The molecule has 2 N–H and O–H groups in total. The van der Waals surface area contributed by atoms with Crippen molar-refractivity contribution in [2.24, 2.45) is 0 Å². The average molecular weight is 303 g/mol. The predicted octanol–water partition coefficient (Wildman–Crippen LogP) is 1.14. The topological polar surface area (TPSA) is 84.9 Å². The van der Waals surface area contributed by atoms with Crippen LogP contribution >= 0.6 is 0 Å². The fourth-order valence-corrected chi connectivity index (χ4v) is 3.14. The molecule has 0 saturated carbocycles. The van der Waals surface area contributed by atoms with E-state index in [0.29, 0.717) is 24.3 Å². The molecule has 1 atom stereocenters. The smallest absolute Gasteiger partial charge is 0.240 e. The lowest BCUT2D eigenvalue weighted by molar-refractivity contribution is 0.270. The minimum absolute atomic E-state index is 0.0625. The summed E-state index contributed by atoms with van der Waals surface area (Å²) in [5.74, 6) is 0.819. The van der Waals surface area contributed by atoms with E-state index in [0.717, 1.165) is 0 Å². The van der Waals surface area contributed by atoms with Gasteiger partial charge in [0.2, 0.25) is 10.0 Å². The Hall–Kier alpha value is -1.31. The lowest BCUT2D eigenvalue weighted by atomic mass is 10.2. The predicted molar refractivity (Wildman–Crippen MR) is 75.6 cm³/mol. The molecule has 114 valence electrons. The van der Waals surface area contributed by atoms with Crippen LogP contribution in [0.3, 0.4) is 0 Å². The van der Waals surface area contributed by atoms with Crippen LogP contribution in [-0.2, 0) is 10.0 Å². The van der Waals surface area contributed by atoms with Crippen LogP contribution < -0.4 is 14.2 Å². The largest absolute Gasteiger partial charge is 0.493 e. The van der Waals surface area contributed by atoms with Crippen molar-refractivity contribution in [2.45, 2.75) is 30.7 Å². The highest BCUT2D eigenvalue weighted by molar-refractivity contribution is 7.89. The highest BCUT2D eigenvalue weighted by Gasteiger charge is 2.20. The molecule has 0 heterocycles. The average Bonchev–Trinajstić information content (AvgIpc) is 2.45. The zero-order chi connectivity index (χ0) is 15.2. The summed E-state index contributed by atoms with van der Waals surface area (Å²) in [6.07, 6.45) is 0.982. The van der Waals surface area contributed by atoms with E-state index < -0.39 is 10.0 Å². The molecule has 0 spiro atoms. The molecule has 0 aliphatic rings. The van der Waals surface area contributed by atoms with Crippen LogP contribution in [0.25, 0.3) is 0 Å². The monoisotopic (exact) mass is 303 g/mol. The molecule has 1 aromatic carbocycles. The van der Waals surface area contributed by atoms with E-state index >= 15 is 0 Å². The summed E-state index contributed by atoms with van der Waals surface area (Å²) in [5, 5.41) is 8.91. The summed E-state index contributed by atoms with van der Waals surface area (Å²) in [5.41, 5.74) is 0. The van der Waals surface area contributed by atoms with Gasteiger partial charge in [0.25, 0.3) is 0 Å². The van der Waals surface area contributed by atoms with Gasteiger partial charge in [-0.15, -0.1) is 0 Å². The van der Waals surface area contributed by atoms with Gasteiger partial charge in [0.05, 0.1) is 19.1 Å². The normalized spacial score (nSPS) is 13.0. The number of nitrogens with one attached hydrogen (secondary N) is 1. The summed E-state index contributed by atoms with van der Waals surface area (Å²) in [4.78, 5) is 0.103. The standard InChI is InChI=1S/C13H21NO5S/c1-4-10(7-8-15)14-20(16,17)11-5-6-12(18-2)13(9-11)19-3/h5-6,9-10,14-15H,4,7-8H2,1-3H3. The summed E-state index contributed by atoms with van der Waals surface area (Å²) in [6.45, 7) is 1.80. The van der Waals surface area contributed by atoms with Gasteiger partial charge in [-0.3, -0.25) is 0 Å². The number of aliphatic hydroxyl groups is 1. The van der Waals surface area contributed by atoms with Crippen molar-refractivity contribution in [3.05, 3.63) is 18.2 Å². The van der Waals surface area contributed by atoms with Crippen molar-refractivity contribution in [3.8, 4) is 11.5 Å². The molecule has 20 heavy (non-hydrogen) atoms. The van der Waals surface area contributed by atoms with Crippen molar-refractivity contribution in [1.29, 1.82) is 0 Å².